The van der Waals surface area contributed by atoms with E-state index in [9.17, 15) is 4.79 Å². The van der Waals surface area contributed by atoms with Crippen LogP contribution in [0.2, 0.25) is 0 Å². The van der Waals surface area contributed by atoms with Crippen LogP contribution in [0.25, 0.3) is 11.3 Å². The van der Waals surface area contributed by atoms with Crippen LogP contribution in [-0.2, 0) is 6.54 Å². The van der Waals surface area contributed by atoms with Crippen molar-refractivity contribution in [1.29, 1.82) is 0 Å². The maximum Gasteiger partial charge on any atom is 0.251 e. The molecule has 2 aliphatic heterocycles. The molecule has 1 fully saturated rings. The molecule has 154 valence electrons. The Labute approximate surface area is 174 Å². The van der Waals surface area contributed by atoms with E-state index in [4.69, 9.17) is 15.7 Å². The lowest BCUT2D eigenvalue weighted by molar-refractivity contribution is 0.279. The van der Waals surface area contributed by atoms with E-state index in [-0.39, 0.29) is 11.5 Å². The van der Waals surface area contributed by atoms with Crippen LogP contribution < -0.4 is 16.2 Å². The van der Waals surface area contributed by atoms with Gasteiger partial charge in [0.05, 0.1) is 5.69 Å². The molecule has 0 radical (unpaired) electrons. The number of hydrogen-bond acceptors (Lipinski definition) is 7. The first-order chi connectivity index (χ1) is 14.4. The van der Waals surface area contributed by atoms with E-state index in [1.165, 1.54) is 6.33 Å². The number of nitrogens with zero attached hydrogens (tertiary/aromatic N) is 6. The highest BCUT2D eigenvalue weighted by Gasteiger charge is 2.36. The van der Waals surface area contributed by atoms with Crippen molar-refractivity contribution in [2.45, 2.75) is 39.7 Å². The number of aromatic nitrogens is 5. The van der Waals surface area contributed by atoms with E-state index in [0.29, 0.717) is 17.4 Å². The van der Waals surface area contributed by atoms with Crippen LogP contribution in [-0.4, -0.2) is 37.6 Å². The Morgan fingerprint density at radius 2 is 1.77 bits per heavy atom. The minimum atomic E-state index is 0.0149. The fourth-order valence-corrected chi connectivity index (χ4v) is 4.70. The summed E-state index contributed by atoms with van der Waals surface area (Å²) >= 11 is 0. The summed E-state index contributed by atoms with van der Waals surface area (Å²) in [5, 5.41) is 0. The molecule has 2 bridgehead atoms. The second-order valence-electron chi connectivity index (χ2n) is 8.47. The molecule has 0 unspecified atom stereocenters. The number of nitrogens with two attached hydrogens (primary N) is 1. The van der Waals surface area contributed by atoms with Gasteiger partial charge in [0.25, 0.3) is 5.56 Å². The van der Waals surface area contributed by atoms with Crippen molar-refractivity contribution in [2.75, 3.05) is 23.7 Å². The van der Waals surface area contributed by atoms with Crippen molar-refractivity contribution < 1.29 is 0 Å². The van der Waals surface area contributed by atoms with Crippen molar-refractivity contribution in [3.05, 3.63) is 57.5 Å². The van der Waals surface area contributed by atoms with Crippen molar-refractivity contribution >= 4 is 11.8 Å². The van der Waals surface area contributed by atoms with Crippen molar-refractivity contribution in [1.82, 2.24) is 24.5 Å². The van der Waals surface area contributed by atoms with Gasteiger partial charge in [-0.3, -0.25) is 4.79 Å². The quantitative estimate of drug-likeness (QED) is 0.700. The van der Waals surface area contributed by atoms with Crippen LogP contribution in [0, 0.1) is 26.7 Å². The number of hydrogen-bond donors (Lipinski definition) is 1. The third-order valence-electron chi connectivity index (χ3n) is 6.44. The Kier molecular flexibility index (Phi) is 4.30. The Balaban J connectivity index is 1.53. The van der Waals surface area contributed by atoms with Gasteiger partial charge in [-0.15, -0.1) is 0 Å². The number of pyridine rings is 1. The van der Waals surface area contributed by atoms with Crippen LogP contribution in [0.5, 0.6) is 0 Å². The zero-order chi connectivity index (χ0) is 21.0. The molecule has 30 heavy (non-hydrogen) atoms. The van der Waals surface area contributed by atoms with E-state index in [2.05, 4.69) is 27.9 Å². The predicted octanol–water partition coefficient (Wildman–Crippen LogP) is 2.23. The molecule has 1 saturated heterocycles. The number of aryl methyl sites for hydroxylation is 2. The highest BCUT2D eigenvalue weighted by Crippen LogP contribution is 2.37. The molecule has 2 atom stereocenters. The van der Waals surface area contributed by atoms with Crippen LogP contribution in [0.15, 0.2) is 29.3 Å². The molecule has 2 aliphatic rings. The Bertz CT molecular complexity index is 1180. The van der Waals surface area contributed by atoms with Crippen LogP contribution in [0.4, 0.5) is 11.8 Å². The number of piperidine rings is 1. The predicted molar refractivity (Wildman–Crippen MR) is 115 cm³/mol. The molecule has 0 aliphatic carbocycles. The topological polar surface area (TPSA) is 103 Å². The normalized spacial score (nSPS) is 20.2. The van der Waals surface area contributed by atoms with Crippen LogP contribution >= 0.6 is 0 Å². The second kappa shape index (κ2) is 6.90. The zero-order valence-corrected chi connectivity index (χ0v) is 17.5. The van der Waals surface area contributed by atoms with E-state index in [0.717, 1.165) is 60.2 Å². The molecule has 0 spiro atoms. The van der Waals surface area contributed by atoms with Gasteiger partial charge in [-0.1, -0.05) is 0 Å². The summed E-state index contributed by atoms with van der Waals surface area (Å²) in [4.78, 5) is 32.9. The Morgan fingerprint density at radius 1 is 1.00 bits per heavy atom. The molecule has 3 aromatic heterocycles. The van der Waals surface area contributed by atoms with Crippen LogP contribution in [0.3, 0.4) is 0 Å². The average molecular weight is 403 g/mol. The third-order valence-corrected chi connectivity index (χ3v) is 6.44. The smallest absolute Gasteiger partial charge is 0.251 e. The standard InChI is InChI=1S/C22H25N7O/c1-12-13(2)26-22(27-14(12)3)28-8-15-4-17(10-28)19-5-16(6-21(30)29(19)9-15)18-7-20(23)25-11-24-18/h5-7,11,15,17H,4,8-10H2,1-3H3,(H2,23,24,25)/t15-,17+/m0/s1. The molecule has 2 N–H and O–H groups in total. The summed E-state index contributed by atoms with van der Waals surface area (Å²) < 4.78 is 1.93. The lowest BCUT2D eigenvalue weighted by Crippen LogP contribution is -2.47. The van der Waals surface area contributed by atoms with E-state index in [1.807, 2.05) is 18.4 Å². The SMILES string of the molecule is Cc1nc(N2C[C@@H]3C[C@H](C2)c2cc(-c4cc(N)ncn4)cc(=O)n2C3)nc(C)c1C. The molecule has 0 saturated carbocycles. The van der Waals surface area contributed by atoms with E-state index < -0.39 is 0 Å². The molecule has 8 nitrogen and oxygen atoms in total. The van der Waals surface area contributed by atoms with Crippen molar-refractivity contribution in [3.8, 4) is 11.3 Å². The van der Waals surface area contributed by atoms with Gasteiger partial charge in [-0.2, -0.15) is 0 Å². The van der Waals surface area contributed by atoms with E-state index in [1.54, 1.807) is 12.1 Å². The third kappa shape index (κ3) is 3.12. The van der Waals surface area contributed by atoms with Gasteiger partial charge >= 0.3 is 0 Å². The molecule has 5 rings (SSSR count). The molecular weight excluding hydrogens is 378 g/mol. The first-order valence-electron chi connectivity index (χ1n) is 10.3. The number of anilines is 2. The fourth-order valence-electron chi connectivity index (χ4n) is 4.70. The molecular formula is C22H25N7O. The molecule has 0 aromatic carbocycles. The fraction of sp³-hybridized carbons (Fsp3) is 0.409. The largest absolute Gasteiger partial charge is 0.384 e. The number of nitrogen functional groups attached to an aromatic ring is 1. The lowest BCUT2D eigenvalue weighted by Gasteiger charge is -2.43. The van der Waals surface area contributed by atoms with Gasteiger partial charge in [0, 0.05) is 60.3 Å². The average Bonchev–Trinajstić information content (AvgIpc) is 2.72. The molecule has 0 amide bonds. The minimum absolute atomic E-state index is 0.0149. The Morgan fingerprint density at radius 3 is 2.50 bits per heavy atom. The Hall–Kier alpha value is -3.29. The van der Waals surface area contributed by atoms with Gasteiger partial charge < -0.3 is 15.2 Å². The molecule has 8 heteroatoms. The van der Waals surface area contributed by atoms with Crippen LogP contribution in [0.1, 0.15) is 35.0 Å². The van der Waals surface area contributed by atoms with Gasteiger partial charge in [0.15, 0.2) is 0 Å². The summed E-state index contributed by atoms with van der Waals surface area (Å²) in [5.41, 5.74) is 11.5. The maximum atomic E-state index is 12.9. The monoisotopic (exact) mass is 403 g/mol. The number of fused-ring (bicyclic) bond motifs is 4. The summed E-state index contributed by atoms with van der Waals surface area (Å²) in [7, 11) is 0. The lowest BCUT2D eigenvalue weighted by atomic mass is 9.82. The maximum absolute atomic E-state index is 12.9. The first-order valence-corrected chi connectivity index (χ1v) is 10.3. The summed E-state index contributed by atoms with van der Waals surface area (Å²) in [6.45, 7) is 8.52. The van der Waals surface area contributed by atoms with E-state index >= 15 is 0 Å². The van der Waals surface area contributed by atoms with Crippen molar-refractivity contribution in [3.63, 3.8) is 0 Å². The summed E-state index contributed by atoms with van der Waals surface area (Å²) in [5.74, 6) is 1.83. The first kappa shape index (κ1) is 18.7. The van der Waals surface area contributed by atoms with Gasteiger partial charge in [0.2, 0.25) is 5.95 Å². The molecule has 3 aromatic rings. The molecule has 5 heterocycles. The van der Waals surface area contributed by atoms with Gasteiger partial charge in [0.1, 0.15) is 12.1 Å². The summed E-state index contributed by atoms with van der Waals surface area (Å²) in [6.07, 6.45) is 2.49. The highest BCUT2D eigenvalue weighted by atomic mass is 16.1. The van der Waals surface area contributed by atoms with Gasteiger partial charge in [-0.25, -0.2) is 19.9 Å². The van der Waals surface area contributed by atoms with Gasteiger partial charge in [-0.05, 0) is 44.7 Å². The second-order valence-corrected chi connectivity index (χ2v) is 8.47. The van der Waals surface area contributed by atoms with Crippen molar-refractivity contribution in [2.24, 2.45) is 5.92 Å². The minimum Gasteiger partial charge on any atom is -0.384 e. The zero-order valence-electron chi connectivity index (χ0n) is 17.5. The number of rotatable bonds is 2. The highest BCUT2D eigenvalue weighted by molar-refractivity contribution is 5.62. The summed E-state index contributed by atoms with van der Waals surface area (Å²) in [6, 6.07) is 5.44.